The fourth-order valence-corrected chi connectivity index (χ4v) is 2.62. The first kappa shape index (κ1) is 15.6. The Balaban J connectivity index is 1.45. The van der Waals surface area contributed by atoms with Gasteiger partial charge in [-0.2, -0.15) is 0 Å². The van der Waals surface area contributed by atoms with Gasteiger partial charge in [0.15, 0.2) is 11.5 Å². The number of amides is 2. The van der Waals surface area contributed by atoms with Crippen LogP contribution in [0.2, 0.25) is 0 Å². The summed E-state index contributed by atoms with van der Waals surface area (Å²) in [5.74, 6) is 1.03. The maximum absolute atomic E-state index is 12.1. The van der Waals surface area contributed by atoms with E-state index in [0.717, 1.165) is 18.7 Å². The van der Waals surface area contributed by atoms with E-state index in [1.807, 2.05) is 25.2 Å². The number of piperazine rings is 1. The Morgan fingerprint density at radius 1 is 1.13 bits per heavy atom. The Kier molecular flexibility index (Phi) is 4.66. The van der Waals surface area contributed by atoms with E-state index < -0.39 is 0 Å². The standard InChI is InChI=1S/C16H21N3O4/c1-18-4-6-19(7-5-18)16(21)9-15(20)17-10-12-2-3-13-14(8-12)23-11-22-13/h2-3,8H,4-7,9-11H2,1H3,(H,17,20). The number of nitrogens with one attached hydrogen (secondary N) is 1. The summed E-state index contributed by atoms with van der Waals surface area (Å²) in [5, 5.41) is 2.78. The first-order valence-corrected chi connectivity index (χ1v) is 7.73. The van der Waals surface area contributed by atoms with Crippen LogP contribution in [-0.2, 0) is 16.1 Å². The first-order valence-electron chi connectivity index (χ1n) is 7.73. The highest BCUT2D eigenvalue weighted by molar-refractivity contribution is 5.96. The lowest BCUT2D eigenvalue weighted by atomic mass is 10.2. The van der Waals surface area contributed by atoms with Crippen molar-refractivity contribution in [1.82, 2.24) is 15.1 Å². The third-order valence-corrected chi connectivity index (χ3v) is 4.09. The Hall–Kier alpha value is -2.28. The molecule has 0 saturated carbocycles. The van der Waals surface area contributed by atoms with Gasteiger partial charge in [0, 0.05) is 32.7 Å². The number of hydrogen-bond donors (Lipinski definition) is 1. The van der Waals surface area contributed by atoms with Crippen molar-refractivity contribution >= 4 is 11.8 Å². The first-order chi connectivity index (χ1) is 11.1. The van der Waals surface area contributed by atoms with Crippen molar-refractivity contribution in [2.24, 2.45) is 0 Å². The molecule has 2 amide bonds. The van der Waals surface area contributed by atoms with Gasteiger partial charge in [-0.05, 0) is 24.7 Å². The summed E-state index contributed by atoms with van der Waals surface area (Å²) in [6.07, 6.45) is -0.103. The number of nitrogens with zero attached hydrogens (tertiary/aromatic N) is 2. The summed E-state index contributed by atoms with van der Waals surface area (Å²) in [4.78, 5) is 28.0. The summed E-state index contributed by atoms with van der Waals surface area (Å²) >= 11 is 0. The lowest BCUT2D eigenvalue weighted by Gasteiger charge is -2.32. The number of fused-ring (bicyclic) bond motifs is 1. The fraction of sp³-hybridized carbons (Fsp3) is 0.500. The molecule has 23 heavy (non-hydrogen) atoms. The molecule has 0 radical (unpaired) electrons. The molecule has 3 rings (SSSR count). The molecule has 0 unspecified atom stereocenters. The highest BCUT2D eigenvalue weighted by atomic mass is 16.7. The molecule has 1 aromatic carbocycles. The Morgan fingerprint density at radius 3 is 2.65 bits per heavy atom. The summed E-state index contributed by atoms with van der Waals surface area (Å²) in [7, 11) is 2.03. The number of benzene rings is 1. The third-order valence-electron chi connectivity index (χ3n) is 4.09. The van der Waals surface area contributed by atoms with E-state index >= 15 is 0 Å². The molecular weight excluding hydrogens is 298 g/mol. The van der Waals surface area contributed by atoms with E-state index in [1.54, 1.807) is 4.90 Å². The van der Waals surface area contributed by atoms with Crippen LogP contribution >= 0.6 is 0 Å². The van der Waals surface area contributed by atoms with Gasteiger partial charge in [-0.25, -0.2) is 0 Å². The molecule has 7 nitrogen and oxygen atoms in total. The molecule has 1 N–H and O–H groups in total. The largest absolute Gasteiger partial charge is 0.454 e. The van der Waals surface area contributed by atoms with Gasteiger partial charge >= 0.3 is 0 Å². The molecule has 1 fully saturated rings. The molecule has 124 valence electrons. The maximum Gasteiger partial charge on any atom is 0.232 e. The van der Waals surface area contributed by atoms with Crippen LogP contribution in [0.3, 0.4) is 0 Å². The van der Waals surface area contributed by atoms with Gasteiger partial charge < -0.3 is 24.6 Å². The summed E-state index contributed by atoms with van der Waals surface area (Å²) in [6, 6.07) is 5.53. The van der Waals surface area contributed by atoms with Crippen LogP contribution in [0.1, 0.15) is 12.0 Å². The van der Waals surface area contributed by atoms with Gasteiger partial charge in [0.25, 0.3) is 0 Å². The number of ether oxygens (including phenoxy) is 2. The molecular formula is C16H21N3O4. The summed E-state index contributed by atoms with van der Waals surface area (Å²) in [6.45, 7) is 3.67. The van der Waals surface area contributed by atoms with Crippen molar-refractivity contribution in [3.8, 4) is 11.5 Å². The van der Waals surface area contributed by atoms with Gasteiger partial charge in [-0.3, -0.25) is 9.59 Å². The number of carbonyl (C=O) groups excluding carboxylic acids is 2. The van der Waals surface area contributed by atoms with E-state index in [-0.39, 0.29) is 25.0 Å². The van der Waals surface area contributed by atoms with Gasteiger partial charge in [-0.1, -0.05) is 6.07 Å². The highest BCUT2D eigenvalue weighted by Gasteiger charge is 2.21. The molecule has 2 aliphatic rings. The SMILES string of the molecule is CN1CCN(C(=O)CC(=O)NCc2ccc3c(c2)OCO3)CC1. The van der Waals surface area contributed by atoms with E-state index in [4.69, 9.17) is 9.47 Å². The average Bonchev–Trinajstić information content (AvgIpc) is 3.01. The maximum atomic E-state index is 12.1. The highest BCUT2D eigenvalue weighted by Crippen LogP contribution is 2.32. The minimum Gasteiger partial charge on any atom is -0.454 e. The molecule has 1 saturated heterocycles. The lowest BCUT2D eigenvalue weighted by Crippen LogP contribution is -2.48. The second-order valence-corrected chi connectivity index (χ2v) is 5.83. The Labute approximate surface area is 135 Å². The predicted octanol–water partition coefficient (Wildman–Crippen LogP) is 0.196. The Bertz CT molecular complexity index is 597. The van der Waals surface area contributed by atoms with Gasteiger partial charge in [0.05, 0.1) is 0 Å². The van der Waals surface area contributed by atoms with E-state index in [0.29, 0.717) is 31.1 Å². The minimum atomic E-state index is -0.258. The van der Waals surface area contributed by atoms with Crippen LogP contribution in [0.15, 0.2) is 18.2 Å². The van der Waals surface area contributed by atoms with Crippen LogP contribution in [0.25, 0.3) is 0 Å². The van der Waals surface area contributed by atoms with Crippen LogP contribution in [0.4, 0.5) is 0 Å². The lowest BCUT2D eigenvalue weighted by molar-refractivity contribution is -0.137. The number of rotatable bonds is 4. The van der Waals surface area contributed by atoms with Crippen molar-refractivity contribution < 1.29 is 19.1 Å². The van der Waals surface area contributed by atoms with Crippen molar-refractivity contribution in [1.29, 1.82) is 0 Å². The van der Waals surface area contributed by atoms with Crippen molar-refractivity contribution in [2.45, 2.75) is 13.0 Å². The number of carbonyl (C=O) groups is 2. The quantitative estimate of drug-likeness (QED) is 0.803. The second-order valence-electron chi connectivity index (χ2n) is 5.83. The Morgan fingerprint density at radius 2 is 1.87 bits per heavy atom. The molecule has 2 heterocycles. The zero-order valence-electron chi connectivity index (χ0n) is 13.2. The number of likely N-dealkylation sites (N-methyl/N-ethyl adjacent to an activating group) is 1. The summed E-state index contributed by atoms with van der Waals surface area (Å²) < 4.78 is 10.5. The van der Waals surface area contributed by atoms with Crippen LogP contribution < -0.4 is 14.8 Å². The molecule has 0 spiro atoms. The van der Waals surface area contributed by atoms with Crippen molar-refractivity contribution in [2.75, 3.05) is 40.0 Å². The number of hydrogen-bond acceptors (Lipinski definition) is 5. The summed E-state index contributed by atoms with van der Waals surface area (Å²) in [5.41, 5.74) is 0.912. The van der Waals surface area contributed by atoms with Gasteiger partial charge in [-0.15, -0.1) is 0 Å². The molecule has 0 bridgehead atoms. The van der Waals surface area contributed by atoms with E-state index in [9.17, 15) is 9.59 Å². The molecule has 7 heteroatoms. The van der Waals surface area contributed by atoms with Crippen molar-refractivity contribution in [3.05, 3.63) is 23.8 Å². The van der Waals surface area contributed by atoms with Gasteiger partial charge in [0.1, 0.15) is 6.42 Å². The van der Waals surface area contributed by atoms with Crippen LogP contribution in [-0.4, -0.2) is 61.6 Å². The van der Waals surface area contributed by atoms with E-state index in [1.165, 1.54) is 0 Å². The smallest absolute Gasteiger partial charge is 0.232 e. The molecule has 2 aliphatic heterocycles. The zero-order valence-corrected chi connectivity index (χ0v) is 13.2. The minimum absolute atomic E-state index is 0.103. The molecule has 0 atom stereocenters. The third kappa shape index (κ3) is 3.92. The normalized spacial score (nSPS) is 17.2. The second kappa shape index (κ2) is 6.87. The van der Waals surface area contributed by atoms with E-state index in [2.05, 4.69) is 10.2 Å². The zero-order chi connectivity index (χ0) is 16.2. The predicted molar refractivity (Wildman–Crippen MR) is 83.1 cm³/mol. The molecule has 0 aliphatic carbocycles. The van der Waals surface area contributed by atoms with Gasteiger partial charge in [0.2, 0.25) is 18.6 Å². The monoisotopic (exact) mass is 319 g/mol. The van der Waals surface area contributed by atoms with Crippen LogP contribution in [0.5, 0.6) is 11.5 Å². The van der Waals surface area contributed by atoms with Crippen molar-refractivity contribution in [3.63, 3.8) is 0 Å². The topological polar surface area (TPSA) is 71.1 Å². The van der Waals surface area contributed by atoms with Crippen LogP contribution in [0, 0.1) is 0 Å². The molecule has 1 aromatic rings. The molecule has 0 aromatic heterocycles. The fourth-order valence-electron chi connectivity index (χ4n) is 2.62. The average molecular weight is 319 g/mol.